The standard InChI is InChI=1S/C18H17N3O8/c1-28-16-7-6-11(9-15(16)21(26)27)8-14(18(23)29-2)19-17(22)12-4-3-5-13(10-12)20(24)25/h3-7,9-10,14H,8H2,1-2H3,(H,19,22)/t14-/m0/s1. The maximum absolute atomic E-state index is 12.4. The van der Waals surface area contributed by atoms with Gasteiger partial charge in [-0.3, -0.25) is 25.0 Å². The van der Waals surface area contributed by atoms with Crippen molar-refractivity contribution >= 4 is 23.3 Å². The number of amides is 1. The van der Waals surface area contributed by atoms with Crippen LogP contribution in [0.4, 0.5) is 11.4 Å². The van der Waals surface area contributed by atoms with Crippen LogP contribution in [0.15, 0.2) is 42.5 Å². The van der Waals surface area contributed by atoms with E-state index in [0.29, 0.717) is 5.56 Å². The first-order chi connectivity index (χ1) is 13.8. The number of rotatable bonds is 8. The molecule has 2 aromatic carbocycles. The van der Waals surface area contributed by atoms with Crippen LogP contribution in [0.2, 0.25) is 0 Å². The number of hydrogen-bond donors (Lipinski definition) is 1. The zero-order valence-corrected chi connectivity index (χ0v) is 15.5. The molecular weight excluding hydrogens is 386 g/mol. The summed E-state index contributed by atoms with van der Waals surface area (Å²) in [5, 5.41) is 24.5. The Morgan fingerprint density at radius 3 is 2.38 bits per heavy atom. The fraction of sp³-hybridized carbons (Fsp3) is 0.222. The first-order valence-electron chi connectivity index (χ1n) is 8.21. The van der Waals surface area contributed by atoms with E-state index in [1.807, 2.05) is 0 Å². The van der Waals surface area contributed by atoms with Crippen LogP contribution in [-0.2, 0) is 16.0 Å². The Bertz CT molecular complexity index is 960. The van der Waals surface area contributed by atoms with E-state index in [4.69, 9.17) is 4.74 Å². The van der Waals surface area contributed by atoms with Gasteiger partial charge in [-0.1, -0.05) is 12.1 Å². The van der Waals surface area contributed by atoms with E-state index in [1.54, 1.807) is 0 Å². The number of nitro benzene ring substituents is 2. The highest BCUT2D eigenvalue weighted by Gasteiger charge is 2.25. The van der Waals surface area contributed by atoms with Crippen molar-refractivity contribution in [3.05, 3.63) is 73.8 Å². The van der Waals surface area contributed by atoms with Gasteiger partial charge < -0.3 is 14.8 Å². The Morgan fingerprint density at radius 1 is 1.07 bits per heavy atom. The SMILES string of the molecule is COC(=O)[C@H](Cc1ccc(OC)c([N+](=O)[O-])c1)NC(=O)c1cccc([N+](=O)[O-])c1. The number of nitro groups is 2. The molecule has 0 heterocycles. The maximum Gasteiger partial charge on any atom is 0.328 e. The number of nitrogens with zero attached hydrogens (tertiary/aromatic N) is 2. The molecular formula is C18H17N3O8. The van der Waals surface area contributed by atoms with Gasteiger partial charge >= 0.3 is 11.7 Å². The minimum Gasteiger partial charge on any atom is -0.490 e. The van der Waals surface area contributed by atoms with Gasteiger partial charge in [0.1, 0.15) is 6.04 Å². The van der Waals surface area contributed by atoms with Crippen molar-refractivity contribution in [2.75, 3.05) is 14.2 Å². The molecule has 0 saturated heterocycles. The van der Waals surface area contributed by atoms with Crippen LogP contribution in [0, 0.1) is 20.2 Å². The van der Waals surface area contributed by atoms with Gasteiger partial charge in [0.25, 0.3) is 11.6 Å². The average molecular weight is 403 g/mol. The number of non-ortho nitro benzene ring substituents is 1. The van der Waals surface area contributed by atoms with Crippen LogP contribution < -0.4 is 10.1 Å². The lowest BCUT2D eigenvalue weighted by Crippen LogP contribution is -2.43. The molecule has 29 heavy (non-hydrogen) atoms. The van der Waals surface area contributed by atoms with Crippen molar-refractivity contribution in [2.24, 2.45) is 0 Å². The Balaban J connectivity index is 2.26. The predicted octanol–water partition coefficient (Wildman–Crippen LogP) is 2.03. The molecule has 152 valence electrons. The Labute approximate surface area is 164 Å². The van der Waals surface area contributed by atoms with Gasteiger partial charge in [0.05, 0.1) is 24.1 Å². The minimum atomic E-state index is -1.17. The van der Waals surface area contributed by atoms with E-state index in [-0.39, 0.29) is 29.1 Å². The second-order valence-electron chi connectivity index (χ2n) is 5.82. The van der Waals surface area contributed by atoms with Crippen molar-refractivity contribution < 1.29 is 28.9 Å². The van der Waals surface area contributed by atoms with Crippen LogP contribution in [0.3, 0.4) is 0 Å². The third kappa shape index (κ3) is 5.25. The van der Waals surface area contributed by atoms with Gasteiger partial charge in [-0.15, -0.1) is 0 Å². The summed E-state index contributed by atoms with van der Waals surface area (Å²) < 4.78 is 9.62. The van der Waals surface area contributed by atoms with Gasteiger partial charge in [0.2, 0.25) is 0 Å². The number of esters is 1. The first-order valence-corrected chi connectivity index (χ1v) is 8.21. The van der Waals surface area contributed by atoms with Crippen molar-refractivity contribution in [2.45, 2.75) is 12.5 Å². The van der Waals surface area contributed by atoms with Crippen molar-refractivity contribution in [3.8, 4) is 5.75 Å². The van der Waals surface area contributed by atoms with E-state index in [2.05, 4.69) is 10.1 Å². The largest absolute Gasteiger partial charge is 0.490 e. The lowest BCUT2D eigenvalue weighted by Gasteiger charge is -2.17. The molecule has 0 aliphatic rings. The Kier molecular flexibility index (Phi) is 6.80. The van der Waals surface area contributed by atoms with Crippen LogP contribution in [0.5, 0.6) is 5.75 Å². The smallest absolute Gasteiger partial charge is 0.328 e. The van der Waals surface area contributed by atoms with E-state index in [0.717, 1.165) is 13.2 Å². The molecule has 11 nitrogen and oxygen atoms in total. The van der Waals surface area contributed by atoms with Crippen LogP contribution >= 0.6 is 0 Å². The fourth-order valence-electron chi connectivity index (χ4n) is 2.58. The van der Waals surface area contributed by atoms with Gasteiger partial charge in [-0.25, -0.2) is 4.79 Å². The summed E-state index contributed by atoms with van der Waals surface area (Å²) in [4.78, 5) is 45.3. The molecule has 2 rings (SSSR count). The van der Waals surface area contributed by atoms with Crippen LogP contribution in [0.25, 0.3) is 0 Å². The number of hydrogen-bond acceptors (Lipinski definition) is 8. The predicted molar refractivity (Wildman–Crippen MR) is 99.7 cm³/mol. The summed E-state index contributed by atoms with van der Waals surface area (Å²) in [5.41, 5.74) is -0.210. The molecule has 0 aliphatic heterocycles. The highest BCUT2D eigenvalue weighted by Crippen LogP contribution is 2.28. The van der Waals surface area contributed by atoms with E-state index >= 15 is 0 Å². The molecule has 0 fully saturated rings. The molecule has 0 radical (unpaired) electrons. The number of ether oxygens (including phenoxy) is 2. The van der Waals surface area contributed by atoms with Crippen molar-refractivity contribution in [1.29, 1.82) is 0 Å². The molecule has 0 aliphatic carbocycles. The summed E-state index contributed by atoms with van der Waals surface area (Å²) in [7, 11) is 2.42. The van der Waals surface area contributed by atoms with Crippen molar-refractivity contribution in [1.82, 2.24) is 5.32 Å². The number of methoxy groups -OCH3 is 2. The summed E-state index contributed by atoms with van der Waals surface area (Å²) in [6.07, 6.45) is -0.0990. The number of nitrogens with one attached hydrogen (secondary N) is 1. The lowest BCUT2D eigenvalue weighted by atomic mass is 10.0. The Morgan fingerprint density at radius 2 is 1.79 bits per heavy atom. The zero-order chi connectivity index (χ0) is 21.6. The molecule has 1 atom stereocenters. The molecule has 2 aromatic rings. The second kappa shape index (κ2) is 9.26. The number of carbonyl (C=O) groups is 2. The quantitative estimate of drug-likeness (QED) is 0.399. The number of carbonyl (C=O) groups excluding carboxylic acids is 2. The highest BCUT2D eigenvalue weighted by atomic mass is 16.6. The third-order valence-electron chi connectivity index (χ3n) is 3.99. The molecule has 0 aromatic heterocycles. The van der Waals surface area contributed by atoms with Gasteiger partial charge in [-0.05, 0) is 17.7 Å². The molecule has 0 spiro atoms. The second-order valence-corrected chi connectivity index (χ2v) is 5.82. The average Bonchev–Trinajstić information content (AvgIpc) is 2.72. The van der Waals surface area contributed by atoms with Crippen molar-refractivity contribution in [3.63, 3.8) is 0 Å². The van der Waals surface area contributed by atoms with E-state index < -0.39 is 27.8 Å². The van der Waals surface area contributed by atoms with E-state index in [9.17, 15) is 29.8 Å². The van der Waals surface area contributed by atoms with Gasteiger partial charge in [0.15, 0.2) is 5.75 Å². The molecule has 0 bridgehead atoms. The Hall–Kier alpha value is -4.02. The topological polar surface area (TPSA) is 151 Å². The summed E-state index contributed by atoms with van der Waals surface area (Å²) in [5.74, 6) is -1.46. The lowest BCUT2D eigenvalue weighted by molar-refractivity contribution is -0.385. The maximum atomic E-state index is 12.4. The van der Waals surface area contributed by atoms with Crippen LogP contribution in [0.1, 0.15) is 15.9 Å². The summed E-state index contributed by atoms with van der Waals surface area (Å²) in [6, 6.07) is 7.95. The normalized spacial score (nSPS) is 11.2. The molecule has 11 heteroatoms. The first kappa shape index (κ1) is 21.3. The highest BCUT2D eigenvalue weighted by molar-refractivity contribution is 5.97. The fourth-order valence-corrected chi connectivity index (χ4v) is 2.58. The summed E-state index contributed by atoms with van der Waals surface area (Å²) >= 11 is 0. The monoisotopic (exact) mass is 403 g/mol. The minimum absolute atomic E-state index is 0.0196. The molecule has 1 amide bonds. The summed E-state index contributed by atoms with van der Waals surface area (Å²) in [6.45, 7) is 0. The number of benzene rings is 2. The van der Waals surface area contributed by atoms with Gasteiger partial charge in [0, 0.05) is 30.2 Å². The van der Waals surface area contributed by atoms with Crippen LogP contribution in [-0.4, -0.2) is 42.0 Å². The van der Waals surface area contributed by atoms with Gasteiger partial charge in [-0.2, -0.15) is 0 Å². The molecule has 1 N–H and O–H groups in total. The zero-order valence-electron chi connectivity index (χ0n) is 15.5. The third-order valence-corrected chi connectivity index (χ3v) is 3.99. The molecule has 0 unspecified atom stereocenters. The van der Waals surface area contributed by atoms with E-state index in [1.165, 1.54) is 43.5 Å². The molecule has 0 saturated carbocycles.